The lowest BCUT2D eigenvalue weighted by molar-refractivity contribution is -0.121. The number of rotatable bonds is 4. The predicted molar refractivity (Wildman–Crippen MR) is 71.4 cm³/mol. The van der Waals surface area contributed by atoms with Crippen LogP contribution in [0, 0.1) is 0 Å². The van der Waals surface area contributed by atoms with E-state index in [4.69, 9.17) is 5.73 Å². The lowest BCUT2D eigenvalue weighted by Crippen LogP contribution is -2.42. The summed E-state index contributed by atoms with van der Waals surface area (Å²) in [6.07, 6.45) is 3.95. The summed E-state index contributed by atoms with van der Waals surface area (Å²) in [6, 6.07) is 0.0876. The minimum atomic E-state index is -3.81. The van der Waals surface area contributed by atoms with Gasteiger partial charge in [0.15, 0.2) is 0 Å². The highest BCUT2D eigenvalue weighted by atomic mass is 32.2. The monoisotopic (exact) mass is 304 g/mol. The highest BCUT2D eigenvalue weighted by Gasteiger charge is 2.34. The van der Waals surface area contributed by atoms with Crippen LogP contribution in [0.25, 0.3) is 0 Å². The molecule has 2 rings (SSSR count). The zero-order chi connectivity index (χ0) is 14.0. The molecule has 1 amide bonds. The lowest BCUT2D eigenvalue weighted by Gasteiger charge is -2.15. The number of anilines is 1. The summed E-state index contributed by atoms with van der Waals surface area (Å²) in [5, 5.41) is 8.62. The Morgan fingerprint density at radius 3 is 2.58 bits per heavy atom. The minimum Gasteiger partial charge on any atom is -0.374 e. The molecule has 0 spiro atoms. The molecule has 1 heterocycles. The van der Waals surface area contributed by atoms with Crippen LogP contribution in [0.15, 0.2) is 4.34 Å². The van der Waals surface area contributed by atoms with Gasteiger partial charge in [-0.3, -0.25) is 4.79 Å². The van der Waals surface area contributed by atoms with Gasteiger partial charge in [-0.15, -0.1) is 10.2 Å². The molecule has 1 aliphatic carbocycles. The van der Waals surface area contributed by atoms with Gasteiger partial charge in [0, 0.05) is 6.04 Å². The molecule has 0 unspecified atom stereocenters. The molecule has 1 saturated carbocycles. The standard InChI is InChI=1S/C10H16N4O3S2/c1-6(8(15)12-7-4-2-3-5-7)19(16,17)10-14-13-9(11)18-10/h6-7H,2-5H2,1H3,(H2,11,13)(H,12,15)/t6-/m1/s1. The van der Waals surface area contributed by atoms with Crippen molar-refractivity contribution in [2.75, 3.05) is 5.73 Å². The molecule has 0 aliphatic heterocycles. The number of carbonyl (C=O) groups is 1. The van der Waals surface area contributed by atoms with Crippen molar-refractivity contribution in [1.82, 2.24) is 15.5 Å². The molecular formula is C10H16N4O3S2. The summed E-state index contributed by atoms with van der Waals surface area (Å²) in [5.41, 5.74) is 5.36. The zero-order valence-electron chi connectivity index (χ0n) is 10.5. The summed E-state index contributed by atoms with van der Waals surface area (Å²) in [7, 11) is -3.81. The Balaban J connectivity index is 2.09. The first kappa shape index (κ1) is 14.2. The highest BCUT2D eigenvalue weighted by Crippen LogP contribution is 2.23. The van der Waals surface area contributed by atoms with E-state index in [1.54, 1.807) is 0 Å². The van der Waals surface area contributed by atoms with E-state index in [9.17, 15) is 13.2 Å². The van der Waals surface area contributed by atoms with E-state index < -0.39 is 21.0 Å². The van der Waals surface area contributed by atoms with Crippen LogP contribution >= 0.6 is 11.3 Å². The third-order valence-corrected chi connectivity index (χ3v) is 6.41. The molecule has 1 aromatic rings. The first-order valence-electron chi connectivity index (χ1n) is 6.04. The third kappa shape index (κ3) is 3.03. The van der Waals surface area contributed by atoms with E-state index in [0.717, 1.165) is 37.0 Å². The van der Waals surface area contributed by atoms with Gasteiger partial charge >= 0.3 is 0 Å². The van der Waals surface area contributed by atoms with Crippen LogP contribution in [-0.2, 0) is 14.6 Å². The smallest absolute Gasteiger partial charge is 0.238 e. The largest absolute Gasteiger partial charge is 0.374 e. The predicted octanol–water partition coefficient (Wildman–Crippen LogP) is 0.341. The van der Waals surface area contributed by atoms with Crippen molar-refractivity contribution in [3.05, 3.63) is 0 Å². The van der Waals surface area contributed by atoms with Crippen LogP contribution in [0.5, 0.6) is 0 Å². The third-order valence-electron chi connectivity index (χ3n) is 3.20. The summed E-state index contributed by atoms with van der Waals surface area (Å²) in [6.45, 7) is 1.36. The fraction of sp³-hybridized carbons (Fsp3) is 0.700. The van der Waals surface area contributed by atoms with Crippen molar-refractivity contribution in [3.63, 3.8) is 0 Å². The fourth-order valence-electron chi connectivity index (χ4n) is 2.02. The highest BCUT2D eigenvalue weighted by molar-refractivity contribution is 7.94. The average Bonchev–Trinajstić information content (AvgIpc) is 2.99. The van der Waals surface area contributed by atoms with Gasteiger partial charge in [-0.2, -0.15) is 0 Å². The molecule has 0 aromatic carbocycles. The van der Waals surface area contributed by atoms with Crippen LogP contribution in [0.2, 0.25) is 0 Å². The molecule has 1 aromatic heterocycles. The van der Waals surface area contributed by atoms with E-state index >= 15 is 0 Å². The average molecular weight is 304 g/mol. The molecule has 0 bridgehead atoms. The Morgan fingerprint density at radius 1 is 1.42 bits per heavy atom. The number of aromatic nitrogens is 2. The normalized spacial score (nSPS) is 18.4. The zero-order valence-corrected chi connectivity index (χ0v) is 12.1. The Morgan fingerprint density at radius 2 is 2.05 bits per heavy atom. The van der Waals surface area contributed by atoms with Crippen molar-refractivity contribution in [1.29, 1.82) is 0 Å². The summed E-state index contributed by atoms with van der Waals surface area (Å²) in [5.74, 6) is -0.485. The van der Waals surface area contributed by atoms with Crippen LogP contribution in [0.1, 0.15) is 32.6 Å². The molecule has 9 heteroatoms. The number of nitrogens with zero attached hydrogens (tertiary/aromatic N) is 2. The molecule has 0 radical (unpaired) electrons. The minimum absolute atomic E-state index is 0.0713. The van der Waals surface area contributed by atoms with Crippen molar-refractivity contribution in [2.45, 2.75) is 48.2 Å². The van der Waals surface area contributed by atoms with Gasteiger partial charge in [0.2, 0.25) is 25.2 Å². The van der Waals surface area contributed by atoms with Crippen molar-refractivity contribution in [2.24, 2.45) is 0 Å². The first-order chi connectivity index (χ1) is 8.91. The van der Waals surface area contributed by atoms with Gasteiger partial charge in [0.25, 0.3) is 0 Å². The SMILES string of the molecule is C[C@H](C(=O)NC1CCCC1)S(=O)(=O)c1nnc(N)s1. The first-order valence-corrected chi connectivity index (χ1v) is 8.41. The maximum atomic E-state index is 12.2. The topological polar surface area (TPSA) is 115 Å². The van der Waals surface area contributed by atoms with Crippen molar-refractivity contribution >= 4 is 32.2 Å². The van der Waals surface area contributed by atoms with E-state index in [0.29, 0.717) is 0 Å². The van der Waals surface area contributed by atoms with Crippen molar-refractivity contribution in [3.8, 4) is 0 Å². The van der Waals surface area contributed by atoms with Crippen LogP contribution < -0.4 is 11.1 Å². The molecule has 7 nitrogen and oxygen atoms in total. The number of carbonyl (C=O) groups excluding carboxylic acids is 1. The van der Waals surface area contributed by atoms with E-state index in [1.165, 1.54) is 6.92 Å². The fourth-order valence-corrected chi connectivity index (χ4v) is 4.32. The number of nitrogens with two attached hydrogens (primary N) is 1. The van der Waals surface area contributed by atoms with Gasteiger partial charge in [-0.1, -0.05) is 24.2 Å². The molecule has 1 fully saturated rings. The summed E-state index contributed by atoms with van der Waals surface area (Å²) in [4.78, 5) is 12.0. The number of sulfone groups is 1. The number of nitrogen functional groups attached to an aromatic ring is 1. The molecule has 1 atom stereocenters. The summed E-state index contributed by atoms with van der Waals surface area (Å²) >= 11 is 0.771. The van der Waals surface area contributed by atoms with Gasteiger partial charge in [-0.05, 0) is 19.8 Å². The van der Waals surface area contributed by atoms with Crippen LogP contribution in [0.4, 0.5) is 5.13 Å². The van der Waals surface area contributed by atoms with E-state index in [1.807, 2.05) is 0 Å². The Hall–Kier alpha value is -1.22. The molecule has 1 aliphatic rings. The van der Waals surface area contributed by atoms with Gasteiger partial charge in [0.1, 0.15) is 5.25 Å². The quantitative estimate of drug-likeness (QED) is 0.829. The molecule has 19 heavy (non-hydrogen) atoms. The van der Waals surface area contributed by atoms with E-state index in [-0.39, 0.29) is 15.5 Å². The van der Waals surface area contributed by atoms with E-state index in [2.05, 4.69) is 15.5 Å². The molecule has 0 saturated heterocycles. The molecule has 3 N–H and O–H groups in total. The number of hydrogen-bond acceptors (Lipinski definition) is 7. The Kier molecular flexibility index (Phi) is 4.04. The second-order valence-electron chi connectivity index (χ2n) is 4.58. The van der Waals surface area contributed by atoms with Crippen LogP contribution in [0.3, 0.4) is 0 Å². The Labute approximate surface area is 115 Å². The number of hydrogen-bond donors (Lipinski definition) is 2. The van der Waals surface area contributed by atoms with Crippen LogP contribution in [-0.4, -0.2) is 35.8 Å². The lowest BCUT2D eigenvalue weighted by atomic mass is 10.2. The second-order valence-corrected chi connectivity index (χ2v) is 8.03. The second kappa shape index (κ2) is 5.41. The van der Waals surface area contributed by atoms with Gasteiger partial charge in [-0.25, -0.2) is 8.42 Å². The maximum absolute atomic E-state index is 12.2. The van der Waals surface area contributed by atoms with Gasteiger partial charge in [0.05, 0.1) is 0 Å². The molecule has 106 valence electrons. The summed E-state index contributed by atoms with van der Waals surface area (Å²) < 4.78 is 24.1. The number of amides is 1. The maximum Gasteiger partial charge on any atom is 0.238 e. The Bertz CT molecular complexity index is 563. The van der Waals surface area contributed by atoms with Crippen molar-refractivity contribution < 1.29 is 13.2 Å². The number of nitrogens with one attached hydrogen (secondary N) is 1. The molecular weight excluding hydrogens is 288 g/mol. The van der Waals surface area contributed by atoms with Gasteiger partial charge < -0.3 is 11.1 Å².